The first kappa shape index (κ1) is 28.9. The van der Waals surface area contributed by atoms with E-state index in [9.17, 15) is 9.59 Å². The topological polar surface area (TPSA) is 55.8 Å². The lowest BCUT2D eigenvalue weighted by molar-refractivity contribution is -0.117. The quantitative estimate of drug-likeness (QED) is 0.237. The molecule has 2 aliphatic carbocycles. The minimum absolute atomic E-state index is 0.132. The number of nitrogens with zero attached hydrogens (tertiary/aromatic N) is 1. The minimum atomic E-state index is -0.421. The molecule has 0 saturated carbocycles. The second kappa shape index (κ2) is 12.6. The van der Waals surface area contributed by atoms with Crippen LogP contribution in [-0.2, 0) is 22.7 Å². The van der Waals surface area contributed by atoms with Crippen LogP contribution in [0, 0.1) is 0 Å². The van der Waals surface area contributed by atoms with Crippen molar-refractivity contribution in [3.05, 3.63) is 115 Å². The van der Waals surface area contributed by atoms with Gasteiger partial charge in [-0.2, -0.15) is 0 Å². The molecular formula is C35H33Br2NO4. The van der Waals surface area contributed by atoms with E-state index in [-0.39, 0.29) is 11.6 Å². The molecule has 0 aromatic heterocycles. The van der Waals surface area contributed by atoms with Crippen molar-refractivity contribution in [1.29, 1.82) is 0 Å². The maximum Gasteiger partial charge on any atom is 0.175 e. The van der Waals surface area contributed by atoms with Gasteiger partial charge in [0.1, 0.15) is 6.61 Å². The Bertz CT molecular complexity index is 1550. The molecule has 3 aromatic carbocycles. The predicted octanol–water partition coefficient (Wildman–Crippen LogP) is 8.80. The van der Waals surface area contributed by atoms with E-state index in [2.05, 4.69) is 48.9 Å². The zero-order valence-electron chi connectivity index (χ0n) is 23.6. The van der Waals surface area contributed by atoms with Crippen LogP contribution in [0.25, 0.3) is 0 Å². The lowest BCUT2D eigenvalue weighted by atomic mass is 9.71. The van der Waals surface area contributed by atoms with Crippen molar-refractivity contribution in [3.8, 4) is 11.5 Å². The Balaban J connectivity index is 1.46. The molecule has 1 aliphatic heterocycles. The summed E-state index contributed by atoms with van der Waals surface area (Å²) in [7, 11) is 0. The highest BCUT2D eigenvalue weighted by Crippen LogP contribution is 2.51. The van der Waals surface area contributed by atoms with Crippen molar-refractivity contribution in [1.82, 2.24) is 4.90 Å². The van der Waals surface area contributed by atoms with Crippen LogP contribution in [0.3, 0.4) is 0 Å². The van der Waals surface area contributed by atoms with Gasteiger partial charge in [-0.3, -0.25) is 9.59 Å². The van der Waals surface area contributed by atoms with Gasteiger partial charge in [-0.1, -0.05) is 64.5 Å². The van der Waals surface area contributed by atoms with Crippen LogP contribution >= 0.6 is 31.9 Å². The summed E-state index contributed by atoms with van der Waals surface area (Å²) in [5.41, 5.74) is 6.73. The molecule has 3 aliphatic rings. The summed E-state index contributed by atoms with van der Waals surface area (Å²) in [4.78, 5) is 29.8. The Morgan fingerprint density at radius 2 is 1.43 bits per heavy atom. The molecule has 0 atom stereocenters. The van der Waals surface area contributed by atoms with Gasteiger partial charge >= 0.3 is 0 Å². The van der Waals surface area contributed by atoms with Crippen molar-refractivity contribution < 1.29 is 19.1 Å². The van der Waals surface area contributed by atoms with Gasteiger partial charge in [0.05, 0.1) is 11.1 Å². The second-order valence-corrected chi connectivity index (χ2v) is 12.6. The summed E-state index contributed by atoms with van der Waals surface area (Å²) in [6.45, 7) is 3.41. The maximum absolute atomic E-state index is 13.8. The van der Waals surface area contributed by atoms with Crippen molar-refractivity contribution in [3.63, 3.8) is 0 Å². The Morgan fingerprint density at radius 3 is 2.07 bits per heavy atom. The standard InChI is InChI=1S/C35H33Br2NO4/c1-2-41-31-19-24(18-26(37)35(31)42-21-23-12-6-7-13-25(23)36)32-33-27(14-8-16-29(33)39)38(20-22-10-4-3-5-11-22)28-15-9-17-30(40)34(28)32/h3-7,10-13,18-19,32H,2,8-9,14-17,20-21H2,1H3. The molecule has 0 N–H and O–H groups in total. The van der Waals surface area contributed by atoms with Crippen molar-refractivity contribution in [2.45, 2.75) is 64.5 Å². The summed E-state index contributed by atoms with van der Waals surface area (Å²) in [5.74, 6) is 1.04. The largest absolute Gasteiger partial charge is 0.490 e. The average molecular weight is 691 g/mol. The number of carbonyl (C=O) groups is 2. The van der Waals surface area contributed by atoms with E-state index < -0.39 is 5.92 Å². The van der Waals surface area contributed by atoms with Crippen LogP contribution in [0.2, 0.25) is 0 Å². The minimum Gasteiger partial charge on any atom is -0.490 e. The Kier molecular flexibility index (Phi) is 8.68. The number of benzene rings is 3. The van der Waals surface area contributed by atoms with Gasteiger partial charge < -0.3 is 14.4 Å². The van der Waals surface area contributed by atoms with E-state index in [1.54, 1.807) is 0 Å². The molecular weight excluding hydrogens is 658 g/mol. The number of hydrogen-bond donors (Lipinski definition) is 0. The second-order valence-electron chi connectivity index (χ2n) is 10.9. The molecule has 0 radical (unpaired) electrons. The lowest BCUT2D eigenvalue weighted by Crippen LogP contribution is -2.38. The highest BCUT2D eigenvalue weighted by molar-refractivity contribution is 9.10. The molecule has 5 nitrogen and oxygen atoms in total. The van der Waals surface area contributed by atoms with Crippen LogP contribution in [0.5, 0.6) is 11.5 Å². The van der Waals surface area contributed by atoms with E-state index in [1.807, 2.05) is 61.5 Å². The third-order valence-electron chi connectivity index (χ3n) is 8.26. The van der Waals surface area contributed by atoms with Crippen LogP contribution in [0.15, 0.2) is 98.2 Å². The summed E-state index contributed by atoms with van der Waals surface area (Å²) in [6, 6.07) is 22.3. The van der Waals surface area contributed by atoms with Crippen LogP contribution in [-0.4, -0.2) is 23.1 Å². The number of ketones is 2. The van der Waals surface area contributed by atoms with E-state index >= 15 is 0 Å². The molecule has 0 saturated heterocycles. The monoisotopic (exact) mass is 689 g/mol. The molecule has 1 heterocycles. The van der Waals surface area contributed by atoms with Crippen molar-refractivity contribution in [2.24, 2.45) is 0 Å². The van der Waals surface area contributed by atoms with Crippen LogP contribution in [0.1, 0.15) is 68.1 Å². The van der Waals surface area contributed by atoms with E-state index in [4.69, 9.17) is 9.47 Å². The first-order chi connectivity index (χ1) is 20.5. The zero-order valence-corrected chi connectivity index (χ0v) is 26.8. The number of halogens is 2. The maximum atomic E-state index is 13.8. The lowest BCUT2D eigenvalue weighted by Gasteiger charge is -2.44. The van der Waals surface area contributed by atoms with Gasteiger partial charge in [0.2, 0.25) is 0 Å². The summed E-state index contributed by atoms with van der Waals surface area (Å²) < 4.78 is 14.1. The first-order valence-electron chi connectivity index (χ1n) is 14.6. The van der Waals surface area contributed by atoms with E-state index in [0.29, 0.717) is 44.1 Å². The zero-order chi connectivity index (χ0) is 29.2. The molecule has 0 bridgehead atoms. The van der Waals surface area contributed by atoms with Gasteiger partial charge in [0, 0.05) is 57.9 Å². The Morgan fingerprint density at radius 1 is 0.786 bits per heavy atom. The fraction of sp³-hybridized carbons (Fsp3) is 0.314. The number of rotatable bonds is 8. The predicted molar refractivity (Wildman–Crippen MR) is 170 cm³/mol. The van der Waals surface area contributed by atoms with E-state index in [1.165, 1.54) is 5.56 Å². The highest BCUT2D eigenvalue weighted by Gasteiger charge is 2.43. The SMILES string of the molecule is CCOc1cc(C2C3=C(CCCC3=O)N(Cc3ccccc3)C3=C2C(=O)CCC3)cc(Br)c1OCc1ccccc1Br. The number of allylic oxidation sites excluding steroid dienone is 4. The summed E-state index contributed by atoms with van der Waals surface area (Å²) >= 11 is 7.36. The number of Topliss-reactive ketones (excluding diaryl/α,β-unsaturated/α-hetero) is 2. The smallest absolute Gasteiger partial charge is 0.175 e. The fourth-order valence-corrected chi connectivity index (χ4v) is 7.40. The highest BCUT2D eigenvalue weighted by atomic mass is 79.9. The van der Waals surface area contributed by atoms with Crippen molar-refractivity contribution >= 4 is 43.4 Å². The van der Waals surface area contributed by atoms with E-state index in [0.717, 1.165) is 68.3 Å². The van der Waals surface area contributed by atoms with Gasteiger partial charge in [-0.15, -0.1) is 0 Å². The molecule has 0 unspecified atom stereocenters. The number of carbonyl (C=O) groups excluding carboxylic acids is 2. The normalized spacial score (nSPS) is 17.4. The van der Waals surface area contributed by atoms with Crippen LogP contribution in [0.4, 0.5) is 0 Å². The fourth-order valence-electron chi connectivity index (χ4n) is 6.43. The Hall–Kier alpha value is -3.16. The molecule has 0 fully saturated rings. The molecule has 216 valence electrons. The summed E-state index contributed by atoms with van der Waals surface area (Å²) in [5, 5.41) is 0. The van der Waals surface area contributed by atoms with Gasteiger partial charge in [-0.25, -0.2) is 0 Å². The number of hydrogen-bond acceptors (Lipinski definition) is 5. The molecule has 0 amide bonds. The molecule has 7 heteroatoms. The van der Waals surface area contributed by atoms with Gasteiger partial charge in [0.25, 0.3) is 0 Å². The molecule has 42 heavy (non-hydrogen) atoms. The molecule has 6 rings (SSSR count). The van der Waals surface area contributed by atoms with Gasteiger partial charge in [-0.05, 0) is 77.9 Å². The molecule has 3 aromatic rings. The number of ether oxygens (including phenoxy) is 2. The Labute approximate surface area is 263 Å². The summed E-state index contributed by atoms with van der Waals surface area (Å²) in [6.07, 6.45) is 4.28. The van der Waals surface area contributed by atoms with Crippen molar-refractivity contribution in [2.75, 3.05) is 6.61 Å². The average Bonchev–Trinajstić information content (AvgIpc) is 2.99. The first-order valence-corrected chi connectivity index (χ1v) is 16.2. The van der Waals surface area contributed by atoms with Gasteiger partial charge in [0.15, 0.2) is 23.1 Å². The third kappa shape index (κ3) is 5.61. The molecule has 0 spiro atoms. The van der Waals surface area contributed by atoms with Crippen LogP contribution < -0.4 is 9.47 Å². The third-order valence-corrected chi connectivity index (χ3v) is 9.63.